The van der Waals surface area contributed by atoms with Crippen LogP contribution in [0.4, 0.5) is 10.8 Å². The van der Waals surface area contributed by atoms with E-state index in [1.54, 1.807) is 0 Å². The molecule has 0 aliphatic rings. The van der Waals surface area contributed by atoms with Crippen LogP contribution in [0.1, 0.15) is 0 Å². The fraction of sp³-hybridized carbons (Fsp3) is 0.222. The van der Waals surface area contributed by atoms with Crippen molar-refractivity contribution in [3.05, 3.63) is 27.4 Å². The third-order valence-electron chi connectivity index (χ3n) is 1.97. The topological polar surface area (TPSA) is 85.0 Å². The molecule has 0 aliphatic carbocycles. The van der Waals surface area contributed by atoms with E-state index in [2.05, 4.69) is 15.2 Å². The van der Waals surface area contributed by atoms with Crippen molar-refractivity contribution in [3.8, 4) is 0 Å². The second-order valence-corrected chi connectivity index (χ2v) is 6.18. The lowest BCUT2D eigenvalue weighted by atomic mass is 10.4. The van der Waals surface area contributed by atoms with Gasteiger partial charge in [-0.3, -0.25) is 10.1 Å². The summed E-state index contributed by atoms with van der Waals surface area (Å²) in [5.41, 5.74) is -0.138. The minimum Gasteiger partial charge on any atom is -0.353 e. The van der Waals surface area contributed by atoms with Crippen LogP contribution in [0.2, 0.25) is 5.02 Å². The number of hydrogen-bond acceptors (Lipinski definition) is 8. The van der Waals surface area contributed by atoms with Gasteiger partial charge in [0.15, 0.2) is 4.34 Å². The second-order valence-electron chi connectivity index (χ2n) is 3.58. The summed E-state index contributed by atoms with van der Waals surface area (Å²) in [5.74, 6) is 0. The van der Waals surface area contributed by atoms with Gasteiger partial charge in [0.1, 0.15) is 11.2 Å². The van der Waals surface area contributed by atoms with Crippen molar-refractivity contribution >= 4 is 45.5 Å². The first-order chi connectivity index (χ1) is 8.97. The minimum absolute atomic E-state index is 0.138. The molecule has 100 valence electrons. The average Bonchev–Trinajstić information content (AvgIpc) is 2.80. The van der Waals surface area contributed by atoms with E-state index in [1.165, 1.54) is 35.4 Å². The smallest absolute Gasteiger partial charge is 0.289 e. The van der Waals surface area contributed by atoms with E-state index in [0.29, 0.717) is 9.37 Å². The van der Waals surface area contributed by atoms with Gasteiger partial charge < -0.3 is 4.90 Å². The number of halogens is 1. The molecule has 10 heteroatoms. The monoisotopic (exact) mass is 317 g/mol. The summed E-state index contributed by atoms with van der Waals surface area (Å²) in [5, 5.41) is 20.0. The molecule has 0 saturated heterocycles. The lowest BCUT2D eigenvalue weighted by Gasteiger charge is -2.03. The van der Waals surface area contributed by atoms with Crippen LogP contribution in [-0.2, 0) is 0 Å². The number of pyridine rings is 1. The number of hydrogen-bond donors (Lipinski definition) is 0. The number of nitro groups is 1. The third-order valence-corrected chi connectivity index (χ3v) is 4.53. The van der Waals surface area contributed by atoms with E-state index in [0.717, 1.165) is 5.13 Å². The summed E-state index contributed by atoms with van der Waals surface area (Å²) < 4.78 is 0.673. The molecule has 0 saturated carbocycles. The van der Waals surface area contributed by atoms with Crippen LogP contribution in [0.5, 0.6) is 0 Å². The molecule has 19 heavy (non-hydrogen) atoms. The fourth-order valence-electron chi connectivity index (χ4n) is 1.10. The molecule has 0 fully saturated rings. The molecule has 2 rings (SSSR count). The van der Waals surface area contributed by atoms with Crippen LogP contribution in [0.25, 0.3) is 0 Å². The first-order valence-corrected chi connectivity index (χ1v) is 6.97. The van der Waals surface area contributed by atoms with Crippen LogP contribution in [0, 0.1) is 10.1 Å². The zero-order valence-electron chi connectivity index (χ0n) is 9.90. The Morgan fingerprint density at radius 3 is 2.74 bits per heavy atom. The Kier molecular flexibility index (Phi) is 4.17. The largest absolute Gasteiger partial charge is 0.353 e. The van der Waals surface area contributed by atoms with E-state index in [9.17, 15) is 10.1 Å². The summed E-state index contributed by atoms with van der Waals surface area (Å²) in [6, 6.07) is 1.27. The zero-order valence-corrected chi connectivity index (χ0v) is 12.3. The van der Waals surface area contributed by atoms with Gasteiger partial charge in [-0.25, -0.2) is 4.98 Å². The molecule has 0 aromatic carbocycles. The summed E-state index contributed by atoms with van der Waals surface area (Å²) in [6.07, 6.45) is 1.17. The van der Waals surface area contributed by atoms with E-state index < -0.39 is 4.92 Å². The Bertz CT molecular complexity index is 618. The molecule has 0 N–H and O–H groups in total. The SMILES string of the molecule is CN(C)c1nnc(Sc2ncc([N+](=O)[O-])cc2Cl)s1. The van der Waals surface area contributed by atoms with Crippen molar-refractivity contribution in [1.29, 1.82) is 0 Å². The van der Waals surface area contributed by atoms with E-state index in [4.69, 9.17) is 11.6 Å². The second kappa shape index (κ2) is 5.68. The molecule has 0 bridgehead atoms. The molecular weight excluding hydrogens is 310 g/mol. The Morgan fingerprint density at radius 2 is 2.21 bits per heavy atom. The van der Waals surface area contributed by atoms with Gasteiger partial charge in [0.25, 0.3) is 5.69 Å². The fourth-order valence-corrected chi connectivity index (χ4v) is 3.01. The van der Waals surface area contributed by atoms with Crippen LogP contribution >= 0.6 is 34.7 Å². The van der Waals surface area contributed by atoms with Crippen molar-refractivity contribution in [3.63, 3.8) is 0 Å². The van der Waals surface area contributed by atoms with Gasteiger partial charge in [0.05, 0.1) is 9.95 Å². The van der Waals surface area contributed by atoms with Gasteiger partial charge in [-0.15, -0.1) is 10.2 Å². The molecule has 2 aromatic rings. The highest BCUT2D eigenvalue weighted by atomic mass is 35.5. The number of anilines is 1. The molecule has 2 heterocycles. The molecular formula is C9H8ClN5O2S2. The Labute approximate surface area is 121 Å². The van der Waals surface area contributed by atoms with Crippen molar-refractivity contribution in [2.45, 2.75) is 9.37 Å². The van der Waals surface area contributed by atoms with Crippen LogP contribution < -0.4 is 4.90 Å². The first-order valence-electron chi connectivity index (χ1n) is 4.96. The number of aromatic nitrogens is 3. The standard InChI is InChI=1S/C9H8ClN5O2S2/c1-14(2)8-12-13-9(19-8)18-7-6(10)3-5(4-11-7)15(16)17/h3-4H,1-2H3. The van der Waals surface area contributed by atoms with Gasteiger partial charge in [0, 0.05) is 20.2 Å². The van der Waals surface area contributed by atoms with Crippen LogP contribution in [0.3, 0.4) is 0 Å². The van der Waals surface area contributed by atoms with Crippen LogP contribution in [-0.4, -0.2) is 34.2 Å². The van der Waals surface area contributed by atoms with Gasteiger partial charge in [-0.2, -0.15) is 0 Å². The predicted octanol–water partition coefficient (Wildman–Crippen LogP) is 2.71. The van der Waals surface area contributed by atoms with Gasteiger partial charge in [0.2, 0.25) is 5.13 Å². The van der Waals surface area contributed by atoms with Gasteiger partial charge in [-0.1, -0.05) is 22.9 Å². The summed E-state index contributed by atoms with van der Waals surface area (Å²) in [4.78, 5) is 15.8. The highest BCUT2D eigenvalue weighted by Gasteiger charge is 2.14. The van der Waals surface area contributed by atoms with E-state index in [1.807, 2.05) is 19.0 Å². The van der Waals surface area contributed by atoms with Crippen molar-refractivity contribution in [2.24, 2.45) is 0 Å². The highest BCUT2D eigenvalue weighted by molar-refractivity contribution is 8.01. The summed E-state index contributed by atoms with van der Waals surface area (Å²) in [7, 11) is 3.73. The maximum Gasteiger partial charge on any atom is 0.289 e. The quantitative estimate of drug-likeness (QED) is 0.633. The molecule has 0 unspecified atom stereocenters. The zero-order chi connectivity index (χ0) is 14.0. The van der Waals surface area contributed by atoms with Crippen LogP contribution in [0.15, 0.2) is 21.6 Å². The van der Waals surface area contributed by atoms with Gasteiger partial charge >= 0.3 is 0 Å². The molecule has 0 atom stereocenters. The molecule has 7 nitrogen and oxygen atoms in total. The Morgan fingerprint density at radius 1 is 1.47 bits per heavy atom. The molecule has 0 radical (unpaired) electrons. The predicted molar refractivity (Wildman–Crippen MR) is 74.3 cm³/mol. The Hall–Kier alpha value is -1.45. The van der Waals surface area contributed by atoms with Gasteiger partial charge in [-0.05, 0) is 11.8 Å². The van der Waals surface area contributed by atoms with E-state index in [-0.39, 0.29) is 10.7 Å². The third kappa shape index (κ3) is 3.31. The molecule has 0 amide bonds. The molecule has 0 spiro atoms. The average molecular weight is 318 g/mol. The Balaban J connectivity index is 2.20. The lowest BCUT2D eigenvalue weighted by molar-refractivity contribution is -0.385. The lowest BCUT2D eigenvalue weighted by Crippen LogP contribution is -2.07. The molecule has 2 aromatic heterocycles. The maximum atomic E-state index is 10.6. The molecule has 0 aliphatic heterocycles. The summed E-state index contributed by atoms with van der Waals surface area (Å²) >= 11 is 8.57. The van der Waals surface area contributed by atoms with Crippen molar-refractivity contribution in [1.82, 2.24) is 15.2 Å². The number of nitrogens with zero attached hydrogens (tertiary/aromatic N) is 5. The van der Waals surface area contributed by atoms with E-state index >= 15 is 0 Å². The van der Waals surface area contributed by atoms with Crippen molar-refractivity contribution < 1.29 is 4.92 Å². The highest BCUT2D eigenvalue weighted by Crippen LogP contribution is 2.36. The summed E-state index contributed by atoms with van der Waals surface area (Å²) in [6.45, 7) is 0. The maximum absolute atomic E-state index is 10.6. The minimum atomic E-state index is -0.539. The van der Waals surface area contributed by atoms with Crippen molar-refractivity contribution in [2.75, 3.05) is 19.0 Å². The normalized spacial score (nSPS) is 10.5. The first kappa shape index (κ1) is 14.0. The number of rotatable bonds is 4.